The van der Waals surface area contributed by atoms with Gasteiger partial charge in [0, 0.05) is 28.5 Å². The molecule has 3 rings (SSSR count). The van der Waals surface area contributed by atoms with Gasteiger partial charge in [0.2, 0.25) is 5.91 Å². The molecule has 0 aromatic heterocycles. The molecule has 2 aromatic carbocycles. The molecule has 1 heterocycles. The zero-order valence-electron chi connectivity index (χ0n) is 16.2. The van der Waals surface area contributed by atoms with Crippen molar-refractivity contribution in [1.82, 2.24) is 5.32 Å². The average Bonchev–Trinajstić information content (AvgIpc) is 2.67. The zero-order chi connectivity index (χ0) is 21.1. The van der Waals surface area contributed by atoms with Gasteiger partial charge >= 0.3 is 5.97 Å². The smallest absolute Gasteiger partial charge is 0.337 e. The summed E-state index contributed by atoms with van der Waals surface area (Å²) in [5.74, 6) is -0.584. The van der Waals surface area contributed by atoms with Crippen molar-refractivity contribution >= 4 is 56.5 Å². The molecule has 150 valence electrons. The summed E-state index contributed by atoms with van der Waals surface area (Å²) in [4.78, 5) is 25.7. The summed E-state index contributed by atoms with van der Waals surface area (Å²) in [5.41, 5.74) is 3.49. The molecule has 29 heavy (non-hydrogen) atoms. The van der Waals surface area contributed by atoms with Gasteiger partial charge in [-0.05, 0) is 55.0 Å². The van der Waals surface area contributed by atoms with Crippen LogP contribution in [0.15, 0.2) is 64.3 Å². The fraction of sp³-hybridized carbons (Fsp3) is 0.190. The number of halogens is 1. The summed E-state index contributed by atoms with van der Waals surface area (Å²) >= 11 is 9.09. The minimum absolute atomic E-state index is 0.148. The Morgan fingerprint density at radius 1 is 1.21 bits per heavy atom. The number of methoxy groups -OCH3 is 1. The van der Waals surface area contributed by atoms with Gasteiger partial charge < -0.3 is 15.4 Å². The van der Waals surface area contributed by atoms with Crippen molar-refractivity contribution in [3.05, 3.63) is 69.8 Å². The Bertz CT molecular complexity index is 1000. The maximum absolute atomic E-state index is 12.7. The lowest BCUT2D eigenvalue weighted by atomic mass is 9.94. The van der Waals surface area contributed by atoms with Gasteiger partial charge in [-0.1, -0.05) is 34.1 Å². The number of amides is 1. The van der Waals surface area contributed by atoms with Crippen molar-refractivity contribution in [1.29, 1.82) is 0 Å². The molecule has 1 aliphatic rings. The molecule has 2 N–H and O–H groups in total. The Labute approximate surface area is 183 Å². The molecule has 1 unspecified atom stereocenters. The van der Waals surface area contributed by atoms with Crippen molar-refractivity contribution in [2.24, 2.45) is 0 Å². The maximum atomic E-state index is 12.7. The van der Waals surface area contributed by atoms with Crippen LogP contribution in [0.1, 0.15) is 25.5 Å². The molecule has 0 spiro atoms. The number of rotatable bonds is 4. The van der Waals surface area contributed by atoms with Crippen LogP contribution in [0.4, 0.5) is 11.4 Å². The number of allylic oxidation sites excluding steroid dienone is 1. The lowest BCUT2D eigenvalue weighted by molar-refractivity contribution is -0.136. The van der Waals surface area contributed by atoms with Gasteiger partial charge in [-0.2, -0.15) is 0 Å². The van der Waals surface area contributed by atoms with Crippen molar-refractivity contribution in [3.63, 3.8) is 0 Å². The van der Waals surface area contributed by atoms with E-state index in [4.69, 9.17) is 17.0 Å². The van der Waals surface area contributed by atoms with Crippen LogP contribution in [-0.2, 0) is 14.3 Å². The van der Waals surface area contributed by atoms with Crippen molar-refractivity contribution < 1.29 is 14.3 Å². The molecular weight excluding hydrogens is 454 g/mol. The van der Waals surface area contributed by atoms with Gasteiger partial charge in [0.15, 0.2) is 5.11 Å². The number of thiocarbonyl (C=S) groups is 1. The minimum Gasteiger partial charge on any atom is -0.466 e. The highest BCUT2D eigenvalue weighted by molar-refractivity contribution is 9.10. The van der Waals surface area contributed by atoms with E-state index >= 15 is 0 Å². The first kappa shape index (κ1) is 21.0. The monoisotopic (exact) mass is 473 g/mol. The molecular formula is C21H20BrN3O3S. The van der Waals surface area contributed by atoms with Gasteiger partial charge in [-0.3, -0.25) is 9.69 Å². The highest BCUT2D eigenvalue weighted by Gasteiger charge is 2.35. The molecule has 0 saturated carbocycles. The quantitative estimate of drug-likeness (QED) is 0.509. The first-order chi connectivity index (χ1) is 13.8. The summed E-state index contributed by atoms with van der Waals surface area (Å²) in [5, 5.41) is 6.46. The fourth-order valence-corrected chi connectivity index (χ4v) is 4.00. The summed E-state index contributed by atoms with van der Waals surface area (Å²) in [6.07, 6.45) is 0. The molecule has 0 radical (unpaired) electrons. The van der Waals surface area contributed by atoms with Crippen LogP contribution < -0.4 is 15.5 Å². The third kappa shape index (κ3) is 4.49. The first-order valence-electron chi connectivity index (χ1n) is 8.84. The predicted octanol–water partition coefficient (Wildman–Crippen LogP) is 4.29. The van der Waals surface area contributed by atoms with Gasteiger partial charge in [-0.25, -0.2) is 4.79 Å². The van der Waals surface area contributed by atoms with E-state index in [1.54, 1.807) is 12.1 Å². The van der Waals surface area contributed by atoms with Crippen LogP contribution in [-0.4, -0.2) is 24.1 Å². The van der Waals surface area contributed by atoms with Crippen LogP contribution in [0.2, 0.25) is 0 Å². The summed E-state index contributed by atoms with van der Waals surface area (Å²) in [6.45, 7) is 3.30. The fourth-order valence-electron chi connectivity index (χ4n) is 3.26. The van der Waals surface area contributed by atoms with E-state index in [0.717, 1.165) is 15.7 Å². The van der Waals surface area contributed by atoms with Crippen LogP contribution in [0, 0.1) is 0 Å². The Balaban J connectivity index is 2.05. The Kier molecular flexibility index (Phi) is 6.34. The number of anilines is 2. The van der Waals surface area contributed by atoms with Gasteiger partial charge in [0.1, 0.15) is 0 Å². The molecule has 1 amide bonds. The maximum Gasteiger partial charge on any atom is 0.337 e. The standard InChI is InChI=1S/C21H20BrN3O3S/c1-12-18(20(27)28-3)19(14-7-9-16(10-8-14)23-13(2)26)24-21(29)25(12)17-6-4-5-15(22)11-17/h4-11,19H,1-3H3,(H,23,26)(H,24,29). The summed E-state index contributed by atoms with van der Waals surface area (Å²) in [6, 6.07) is 14.5. The van der Waals surface area contributed by atoms with E-state index in [-0.39, 0.29) is 5.91 Å². The zero-order valence-corrected chi connectivity index (χ0v) is 18.6. The van der Waals surface area contributed by atoms with E-state index in [0.29, 0.717) is 22.1 Å². The largest absolute Gasteiger partial charge is 0.466 e. The number of benzene rings is 2. The number of nitrogens with one attached hydrogen (secondary N) is 2. The van der Waals surface area contributed by atoms with Crippen LogP contribution >= 0.6 is 28.1 Å². The Morgan fingerprint density at radius 3 is 2.48 bits per heavy atom. The summed E-state index contributed by atoms with van der Waals surface area (Å²) < 4.78 is 5.96. The minimum atomic E-state index is -0.468. The van der Waals surface area contributed by atoms with Crippen molar-refractivity contribution in [3.8, 4) is 0 Å². The second-order valence-electron chi connectivity index (χ2n) is 6.49. The van der Waals surface area contributed by atoms with Gasteiger partial charge in [0.25, 0.3) is 0 Å². The van der Waals surface area contributed by atoms with E-state index in [9.17, 15) is 9.59 Å². The SMILES string of the molecule is COC(=O)C1=C(C)N(c2cccc(Br)c2)C(=S)NC1c1ccc(NC(C)=O)cc1. The molecule has 0 bridgehead atoms. The number of esters is 1. The number of ether oxygens (including phenoxy) is 1. The van der Waals surface area contributed by atoms with Crippen LogP contribution in [0.25, 0.3) is 0 Å². The number of carbonyl (C=O) groups excluding carboxylic acids is 2. The second kappa shape index (κ2) is 8.75. The lowest BCUT2D eigenvalue weighted by Gasteiger charge is -2.37. The van der Waals surface area contributed by atoms with Crippen molar-refractivity contribution in [2.45, 2.75) is 19.9 Å². The van der Waals surface area contributed by atoms with Crippen LogP contribution in [0.5, 0.6) is 0 Å². The summed E-state index contributed by atoms with van der Waals surface area (Å²) in [7, 11) is 1.36. The predicted molar refractivity (Wildman–Crippen MR) is 121 cm³/mol. The normalized spacial score (nSPS) is 16.3. The number of carbonyl (C=O) groups is 2. The van der Waals surface area contributed by atoms with E-state index in [1.807, 2.05) is 48.2 Å². The Hall–Kier alpha value is -2.71. The van der Waals surface area contributed by atoms with Crippen molar-refractivity contribution in [2.75, 3.05) is 17.3 Å². The molecule has 8 heteroatoms. The number of hydrogen-bond acceptors (Lipinski definition) is 4. The molecule has 1 aliphatic heterocycles. The van der Waals surface area contributed by atoms with E-state index in [2.05, 4.69) is 26.6 Å². The third-order valence-corrected chi connectivity index (χ3v) is 5.31. The highest BCUT2D eigenvalue weighted by Crippen LogP contribution is 2.35. The third-order valence-electron chi connectivity index (χ3n) is 4.52. The molecule has 6 nitrogen and oxygen atoms in total. The molecule has 0 aliphatic carbocycles. The highest BCUT2D eigenvalue weighted by atomic mass is 79.9. The first-order valence-corrected chi connectivity index (χ1v) is 10.0. The van der Waals surface area contributed by atoms with Crippen LogP contribution in [0.3, 0.4) is 0 Å². The average molecular weight is 474 g/mol. The van der Waals surface area contributed by atoms with E-state index < -0.39 is 12.0 Å². The van der Waals surface area contributed by atoms with E-state index in [1.165, 1.54) is 14.0 Å². The van der Waals surface area contributed by atoms with Gasteiger partial charge in [-0.15, -0.1) is 0 Å². The molecule has 0 fully saturated rings. The lowest BCUT2D eigenvalue weighted by Crippen LogP contribution is -2.48. The molecule has 0 saturated heterocycles. The molecule has 2 aromatic rings. The number of nitrogens with zero attached hydrogens (tertiary/aromatic N) is 1. The Morgan fingerprint density at radius 2 is 1.90 bits per heavy atom. The molecule has 1 atom stereocenters. The van der Waals surface area contributed by atoms with Gasteiger partial charge in [0.05, 0.1) is 18.7 Å². The number of hydrogen-bond donors (Lipinski definition) is 2. The second-order valence-corrected chi connectivity index (χ2v) is 7.79. The topological polar surface area (TPSA) is 70.7 Å².